The molecule has 0 radical (unpaired) electrons. The molecule has 2 aromatic carbocycles. The summed E-state index contributed by atoms with van der Waals surface area (Å²) in [6, 6.07) is 12.2. The third kappa shape index (κ3) is 22.3. The number of hydrogen-bond donors (Lipinski definition) is 14. The molecule has 0 aliphatic rings. The van der Waals surface area contributed by atoms with Crippen LogP contribution in [0.1, 0.15) is 73.6 Å². The molecule has 2 amide bonds. The summed E-state index contributed by atoms with van der Waals surface area (Å²) < 4.78 is 0. The monoisotopic (exact) mass is 753 g/mol. The SMILES string of the molecule is NN=CNNCCc1cc(CCNNC=NN)cc(NC(=O)CCCCCCCCC(=O)Nc2cc(CCNNC=NN)cc(CCNNC=NN)c2)c1. The van der Waals surface area contributed by atoms with Crippen molar-refractivity contribution in [3.8, 4) is 0 Å². The van der Waals surface area contributed by atoms with Gasteiger partial charge in [-0.1, -0.05) is 37.8 Å². The summed E-state index contributed by atoms with van der Waals surface area (Å²) in [5.74, 6) is 20.4. The van der Waals surface area contributed by atoms with Gasteiger partial charge < -0.3 is 55.7 Å². The molecule has 298 valence electrons. The van der Waals surface area contributed by atoms with Gasteiger partial charge in [-0.25, -0.2) is 21.7 Å². The molecule has 0 fully saturated rings. The number of rotatable bonds is 31. The number of hydrogen-bond acceptors (Lipinski definition) is 14. The van der Waals surface area contributed by atoms with Crippen LogP contribution in [-0.4, -0.2) is 63.3 Å². The zero-order valence-electron chi connectivity index (χ0n) is 31.0. The van der Waals surface area contributed by atoms with E-state index in [-0.39, 0.29) is 11.8 Å². The number of carbonyl (C=O) groups is 2. The van der Waals surface area contributed by atoms with Gasteiger partial charge in [0, 0.05) is 50.4 Å². The van der Waals surface area contributed by atoms with Crippen LogP contribution in [0.15, 0.2) is 56.8 Å². The molecular weight excluding hydrogens is 692 g/mol. The van der Waals surface area contributed by atoms with Crippen LogP contribution in [0.5, 0.6) is 0 Å². The minimum atomic E-state index is -0.0112. The van der Waals surface area contributed by atoms with E-state index in [1.165, 1.54) is 25.4 Å². The topological polar surface area (TPSA) is 308 Å². The molecule has 18 N–H and O–H groups in total. The molecule has 0 bridgehead atoms. The van der Waals surface area contributed by atoms with E-state index >= 15 is 0 Å². The van der Waals surface area contributed by atoms with E-state index in [2.05, 4.69) is 86.6 Å². The summed E-state index contributed by atoms with van der Waals surface area (Å²) in [7, 11) is 0. The van der Waals surface area contributed by atoms with Crippen molar-refractivity contribution in [3.05, 3.63) is 58.7 Å². The van der Waals surface area contributed by atoms with Crippen molar-refractivity contribution in [2.75, 3.05) is 36.8 Å². The molecule has 0 saturated heterocycles. The zero-order valence-corrected chi connectivity index (χ0v) is 31.0. The van der Waals surface area contributed by atoms with Gasteiger partial charge in [0.05, 0.1) is 0 Å². The smallest absolute Gasteiger partial charge is 0.224 e. The first-order valence-electron chi connectivity index (χ1n) is 18.1. The van der Waals surface area contributed by atoms with E-state index in [9.17, 15) is 9.59 Å². The van der Waals surface area contributed by atoms with Crippen molar-refractivity contribution < 1.29 is 9.59 Å². The Morgan fingerprint density at radius 1 is 0.444 bits per heavy atom. The lowest BCUT2D eigenvalue weighted by Crippen LogP contribution is -2.33. The summed E-state index contributed by atoms with van der Waals surface area (Å²) in [5.41, 5.74) is 29.1. The van der Waals surface area contributed by atoms with E-state index in [1.54, 1.807) is 0 Å². The summed E-state index contributed by atoms with van der Waals surface area (Å²) in [6.45, 7) is 2.57. The Morgan fingerprint density at radius 3 is 1.00 bits per heavy atom. The highest BCUT2D eigenvalue weighted by Crippen LogP contribution is 2.19. The average molecular weight is 753 g/mol. The van der Waals surface area contributed by atoms with Gasteiger partial charge in [-0.15, -0.1) is 0 Å². The normalized spacial score (nSPS) is 11.5. The van der Waals surface area contributed by atoms with E-state index in [1.807, 2.05) is 24.3 Å². The first-order valence-corrected chi connectivity index (χ1v) is 18.1. The van der Waals surface area contributed by atoms with E-state index in [4.69, 9.17) is 23.4 Å². The lowest BCUT2D eigenvalue weighted by molar-refractivity contribution is -0.117. The minimum absolute atomic E-state index is 0.0112. The number of nitrogens with two attached hydrogens (primary N) is 4. The van der Waals surface area contributed by atoms with E-state index in [0.29, 0.717) is 39.0 Å². The van der Waals surface area contributed by atoms with Crippen molar-refractivity contribution in [3.63, 3.8) is 0 Å². The number of nitrogens with one attached hydrogen (secondary N) is 10. The minimum Gasteiger partial charge on any atom is -0.326 e. The third-order valence-corrected chi connectivity index (χ3v) is 7.85. The van der Waals surface area contributed by atoms with Crippen LogP contribution >= 0.6 is 0 Å². The Labute approximate surface area is 317 Å². The molecule has 2 aromatic rings. The maximum atomic E-state index is 12.8. The molecule has 0 aromatic heterocycles. The number of unbranched alkanes of at least 4 members (excludes halogenated alkanes) is 5. The number of benzene rings is 2. The maximum absolute atomic E-state index is 12.8. The Hall–Kier alpha value is -5.70. The standard InChI is InChI=1S/C34H60N18O2/c35-39-23-47-43-13-9-27-17-28(10-14-44-48-24-40-36)20-31(19-27)51-33(53)7-5-3-1-2-4-6-8-34(54)52-32-21-29(11-15-45-49-25-41-37)18-30(22-32)12-16-46-50-26-42-38/h17-26,43-46H,1-16,35-38H2,(H,39,47)(H,40,48)(H,41,49)(H,42,50)(H,51,53)(H,52,54). The van der Waals surface area contributed by atoms with Crippen LogP contribution in [0.25, 0.3) is 0 Å². The van der Waals surface area contributed by atoms with Crippen LogP contribution in [-0.2, 0) is 35.3 Å². The van der Waals surface area contributed by atoms with Gasteiger partial charge in [-0.3, -0.25) is 9.59 Å². The zero-order chi connectivity index (χ0) is 38.9. The van der Waals surface area contributed by atoms with Crippen LogP contribution < -0.4 is 77.4 Å². The average Bonchev–Trinajstić information content (AvgIpc) is 3.15. The molecule has 0 unspecified atom stereocenters. The maximum Gasteiger partial charge on any atom is 0.224 e. The molecule has 54 heavy (non-hydrogen) atoms. The molecule has 20 nitrogen and oxygen atoms in total. The Morgan fingerprint density at radius 2 is 0.722 bits per heavy atom. The first kappa shape index (κ1) is 44.5. The number of hydrazone groups is 4. The molecular formula is C34H60N18O2. The second-order valence-electron chi connectivity index (χ2n) is 12.2. The summed E-state index contributed by atoms with van der Waals surface area (Å²) in [5, 5.41) is 19.7. The fraction of sp³-hybridized carbons (Fsp3) is 0.471. The first-order chi connectivity index (χ1) is 26.5. The molecule has 2 rings (SSSR count). The van der Waals surface area contributed by atoms with E-state index in [0.717, 1.165) is 97.8 Å². The van der Waals surface area contributed by atoms with E-state index < -0.39 is 0 Å². The van der Waals surface area contributed by atoms with Crippen LogP contribution in [0.3, 0.4) is 0 Å². The molecule has 0 saturated carbocycles. The fourth-order valence-electron chi connectivity index (χ4n) is 5.42. The van der Waals surface area contributed by atoms with Crippen molar-refractivity contribution in [2.45, 2.75) is 77.0 Å². The number of anilines is 2. The molecule has 0 atom stereocenters. The molecule has 0 heterocycles. The second kappa shape index (κ2) is 29.8. The summed E-state index contributed by atoms with van der Waals surface area (Å²) >= 11 is 0. The number of nitrogens with zero attached hydrogens (tertiary/aromatic N) is 4. The van der Waals surface area contributed by atoms with Crippen molar-refractivity contribution in [1.82, 2.24) is 43.4 Å². The van der Waals surface area contributed by atoms with Crippen molar-refractivity contribution >= 4 is 48.5 Å². The van der Waals surface area contributed by atoms with Gasteiger partial charge in [0.25, 0.3) is 0 Å². The summed E-state index contributed by atoms with van der Waals surface area (Å²) in [4.78, 5) is 25.6. The highest BCUT2D eigenvalue weighted by molar-refractivity contribution is 5.91. The van der Waals surface area contributed by atoms with Crippen molar-refractivity contribution in [1.29, 1.82) is 0 Å². The number of amides is 2. The van der Waals surface area contributed by atoms with Gasteiger partial charge in [-0.05, 0) is 85.0 Å². The lowest BCUT2D eigenvalue weighted by Gasteiger charge is -2.12. The van der Waals surface area contributed by atoms with Crippen LogP contribution in [0.2, 0.25) is 0 Å². The highest BCUT2D eigenvalue weighted by Gasteiger charge is 2.09. The van der Waals surface area contributed by atoms with Crippen LogP contribution in [0, 0.1) is 0 Å². The fourth-order valence-corrected chi connectivity index (χ4v) is 5.42. The van der Waals surface area contributed by atoms with Gasteiger partial charge in [0.15, 0.2) is 0 Å². The Bertz CT molecular complexity index is 1270. The third-order valence-electron chi connectivity index (χ3n) is 7.85. The van der Waals surface area contributed by atoms with Gasteiger partial charge in [0.2, 0.25) is 11.8 Å². The Balaban J connectivity index is 1.73. The van der Waals surface area contributed by atoms with Gasteiger partial charge >= 0.3 is 0 Å². The lowest BCUT2D eigenvalue weighted by atomic mass is 10.0. The largest absolute Gasteiger partial charge is 0.326 e. The Kier molecular flexibility index (Phi) is 24.6. The highest BCUT2D eigenvalue weighted by atomic mass is 16.2. The quantitative estimate of drug-likeness (QED) is 0.0152. The molecule has 20 heteroatoms. The second-order valence-corrected chi connectivity index (χ2v) is 12.2. The van der Waals surface area contributed by atoms with Gasteiger partial charge in [0.1, 0.15) is 25.4 Å². The molecule has 0 aliphatic heterocycles. The van der Waals surface area contributed by atoms with Gasteiger partial charge in [-0.2, -0.15) is 20.4 Å². The molecule has 0 aliphatic carbocycles. The van der Waals surface area contributed by atoms with Crippen molar-refractivity contribution in [2.24, 2.45) is 43.8 Å². The van der Waals surface area contributed by atoms with Crippen LogP contribution in [0.4, 0.5) is 11.4 Å². The summed E-state index contributed by atoms with van der Waals surface area (Å²) in [6.07, 6.45) is 14.8. The predicted molar refractivity (Wildman–Crippen MR) is 217 cm³/mol. The number of carbonyl (C=O) groups excluding carboxylic acids is 2. The predicted octanol–water partition coefficient (Wildman–Crippen LogP) is -0.461. The molecule has 0 spiro atoms. The number of hydrazine groups is 4.